The van der Waals surface area contributed by atoms with Crippen LogP contribution in [0.4, 0.5) is 18.0 Å². The van der Waals surface area contributed by atoms with Crippen LogP contribution in [0.5, 0.6) is 0 Å². The van der Waals surface area contributed by atoms with Gasteiger partial charge >= 0.3 is 12.2 Å². The average Bonchev–Trinajstić information content (AvgIpc) is 2.79. The Morgan fingerprint density at radius 1 is 1.00 bits per heavy atom. The molecule has 0 atom stereocenters. The van der Waals surface area contributed by atoms with Gasteiger partial charge in [-0.15, -0.1) is 0 Å². The Hall–Kier alpha value is -2.25. The van der Waals surface area contributed by atoms with Gasteiger partial charge in [0.1, 0.15) is 0 Å². The van der Waals surface area contributed by atoms with Gasteiger partial charge in [-0.3, -0.25) is 4.79 Å². The molecule has 1 heterocycles. The molecule has 0 bridgehead atoms. The first-order valence-electron chi connectivity index (χ1n) is 8.20. The lowest BCUT2D eigenvalue weighted by Gasteiger charge is -2.23. The Bertz CT molecular complexity index is 615. The van der Waals surface area contributed by atoms with E-state index < -0.39 is 11.7 Å². The van der Waals surface area contributed by atoms with Crippen molar-refractivity contribution in [2.75, 3.05) is 26.2 Å². The van der Waals surface area contributed by atoms with Crippen LogP contribution in [-0.2, 0) is 6.18 Å². The molecule has 0 aromatic heterocycles. The molecule has 0 saturated carbocycles. The van der Waals surface area contributed by atoms with Crippen LogP contribution in [0.1, 0.15) is 36.2 Å². The highest BCUT2D eigenvalue weighted by Crippen LogP contribution is 2.29. The minimum atomic E-state index is -4.42. The molecule has 1 N–H and O–H groups in total. The van der Waals surface area contributed by atoms with Gasteiger partial charge in [0.25, 0.3) is 5.91 Å². The molecule has 8 heteroatoms. The van der Waals surface area contributed by atoms with Crippen LogP contribution in [0, 0.1) is 0 Å². The molecule has 0 unspecified atom stereocenters. The molecule has 1 aliphatic rings. The minimum Gasteiger partial charge on any atom is -0.337 e. The molecule has 1 aromatic rings. The number of nitrogens with zero attached hydrogens (tertiary/aromatic N) is 2. The predicted molar refractivity (Wildman–Crippen MR) is 87.2 cm³/mol. The van der Waals surface area contributed by atoms with Crippen LogP contribution in [-0.4, -0.2) is 54.0 Å². The second kappa shape index (κ2) is 7.76. The SMILES string of the molecule is CC(C)NC(=O)N1CCCN(C(=O)c2ccc(C(F)(F)F)cc2)CC1. The van der Waals surface area contributed by atoms with E-state index in [9.17, 15) is 22.8 Å². The number of carbonyl (C=O) groups is 2. The summed E-state index contributed by atoms with van der Waals surface area (Å²) in [7, 11) is 0. The van der Waals surface area contributed by atoms with Crippen molar-refractivity contribution in [3.8, 4) is 0 Å². The van der Waals surface area contributed by atoms with Crippen LogP contribution in [0.25, 0.3) is 0 Å². The van der Waals surface area contributed by atoms with E-state index in [1.807, 2.05) is 13.8 Å². The van der Waals surface area contributed by atoms with Gasteiger partial charge in [0.2, 0.25) is 0 Å². The lowest BCUT2D eigenvalue weighted by atomic mass is 10.1. The number of benzene rings is 1. The van der Waals surface area contributed by atoms with Gasteiger partial charge in [-0.25, -0.2) is 4.79 Å². The minimum absolute atomic E-state index is 0.0284. The molecule has 0 spiro atoms. The second-order valence-corrected chi connectivity index (χ2v) is 6.31. The molecule has 1 aromatic carbocycles. The summed E-state index contributed by atoms with van der Waals surface area (Å²) in [6, 6.07) is 4.07. The maximum Gasteiger partial charge on any atom is 0.416 e. The largest absolute Gasteiger partial charge is 0.416 e. The van der Waals surface area contributed by atoms with E-state index in [1.165, 1.54) is 12.1 Å². The Morgan fingerprint density at radius 3 is 2.12 bits per heavy atom. The van der Waals surface area contributed by atoms with Crippen LogP contribution < -0.4 is 5.32 Å². The Morgan fingerprint density at radius 2 is 1.56 bits per heavy atom. The number of alkyl halides is 3. The van der Waals surface area contributed by atoms with Crippen LogP contribution in [0.15, 0.2) is 24.3 Å². The second-order valence-electron chi connectivity index (χ2n) is 6.31. The lowest BCUT2D eigenvalue weighted by Crippen LogP contribution is -2.44. The molecule has 25 heavy (non-hydrogen) atoms. The van der Waals surface area contributed by atoms with E-state index in [0.29, 0.717) is 32.6 Å². The fourth-order valence-corrected chi connectivity index (χ4v) is 2.65. The first-order valence-corrected chi connectivity index (χ1v) is 8.20. The zero-order chi connectivity index (χ0) is 18.6. The number of carbonyl (C=O) groups excluding carboxylic acids is 2. The summed E-state index contributed by atoms with van der Waals surface area (Å²) in [6.07, 6.45) is -3.80. The molecule has 1 aliphatic heterocycles. The molecular formula is C17H22F3N3O2. The van der Waals surface area contributed by atoms with E-state index in [1.54, 1.807) is 9.80 Å². The lowest BCUT2D eigenvalue weighted by molar-refractivity contribution is -0.137. The smallest absolute Gasteiger partial charge is 0.337 e. The van der Waals surface area contributed by atoms with Gasteiger partial charge < -0.3 is 15.1 Å². The Kier molecular flexibility index (Phi) is 5.92. The van der Waals surface area contributed by atoms with Crippen LogP contribution in [0.2, 0.25) is 0 Å². The first kappa shape index (κ1) is 19.1. The summed E-state index contributed by atoms with van der Waals surface area (Å²) in [5, 5.41) is 2.81. The number of hydrogen-bond acceptors (Lipinski definition) is 2. The van der Waals surface area contributed by atoms with Crippen molar-refractivity contribution >= 4 is 11.9 Å². The van der Waals surface area contributed by atoms with Crippen molar-refractivity contribution in [2.45, 2.75) is 32.5 Å². The summed E-state index contributed by atoms with van der Waals surface area (Å²) < 4.78 is 37.8. The summed E-state index contributed by atoms with van der Waals surface area (Å²) in [6.45, 7) is 5.49. The van der Waals surface area contributed by atoms with Crippen molar-refractivity contribution in [1.82, 2.24) is 15.1 Å². The highest BCUT2D eigenvalue weighted by Gasteiger charge is 2.30. The van der Waals surface area contributed by atoms with E-state index in [2.05, 4.69) is 5.32 Å². The molecular weight excluding hydrogens is 335 g/mol. The van der Waals surface area contributed by atoms with Crippen molar-refractivity contribution in [3.05, 3.63) is 35.4 Å². The summed E-state index contributed by atoms with van der Waals surface area (Å²) in [5.41, 5.74) is -0.565. The topological polar surface area (TPSA) is 52.7 Å². The number of halogens is 3. The third-order valence-electron chi connectivity index (χ3n) is 3.94. The molecule has 5 nitrogen and oxygen atoms in total. The normalized spacial score (nSPS) is 15.9. The van der Waals surface area contributed by atoms with Crippen molar-refractivity contribution in [2.24, 2.45) is 0 Å². The first-order chi connectivity index (χ1) is 11.7. The average molecular weight is 357 g/mol. The maximum absolute atomic E-state index is 12.6. The van der Waals surface area contributed by atoms with E-state index >= 15 is 0 Å². The fourth-order valence-electron chi connectivity index (χ4n) is 2.65. The summed E-state index contributed by atoms with van der Waals surface area (Å²) in [5.74, 6) is -0.320. The van der Waals surface area contributed by atoms with Gasteiger partial charge in [-0.1, -0.05) is 0 Å². The zero-order valence-corrected chi connectivity index (χ0v) is 14.3. The van der Waals surface area contributed by atoms with Crippen molar-refractivity contribution < 1.29 is 22.8 Å². The van der Waals surface area contributed by atoms with E-state index in [4.69, 9.17) is 0 Å². The number of urea groups is 1. The summed E-state index contributed by atoms with van der Waals surface area (Å²) >= 11 is 0. The van der Waals surface area contributed by atoms with Crippen molar-refractivity contribution in [3.63, 3.8) is 0 Å². The zero-order valence-electron chi connectivity index (χ0n) is 14.3. The third kappa shape index (κ3) is 5.11. The highest BCUT2D eigenvalue weighted by atomic mass is 19.4. The number of nitrogens with one attached hydrogen (secondary N) is 1. The molecule has 0 aliphatic carbocycles. The van der Waals surface area contributed by atoms with E-state index in [0.717, 1.165) is 12.1 Å². The molecule has 1 saturated heterocycles. The maximum atomic E-state index is 12.6. The highest BCUT2D eigenvalue weighted by molar-refractivity contribution is 5.94. The summed E-state index contributed by atoms with van der Waals surface area (Å²) in [4.78, 5) is 27.8. The Balaban J connectivity index is 2.00. The molecule has 2 rings (SSSR count). The monoisotopic (exact) mass is 357 g/mol. The quantitative estimate of drug-likeness (QED) is 0.885. The van der Waals surface area contributed by atoms with Gasteiger partial charge in [0, 0.05) is 37.8 Å². The predicted octanol–water partition coefficient (Wildman–Crippen LogP) is 2.97. The molecule has 0 radical (unpaired) electrons. The molecule has 138 valence electrons. The fraction of sp³-hybridized carbons (Fsp3) is 0.529. The van der Waals surface area contributed by atoms with Gasteiger partial charge in [-0.2, -0.15) is 13.2 Å². The number of amides is 3. The molecule has 3 amide bonds. The van der Waals surface area contributed by atoms with Gasteiger partial charge in [-0.05, 0) is 44.5 Å². The molecule has 1 fully saturated rings. The van der Waals surface area contributed by atoms with Crippen LogP contribution >= 0.6 is 0 Å². The number of hydrogen-bond donors (Lipinski definition) is 1. The van der Waals surface area contributed by atoms with E-state index in [-0.39, 0.29) is 23.5 Å². The van der Waals surface area contributed by atoms with Gasteiger partial charge in [0.15, 0.2) is 0 Å². The van der Waals surface area contributed by atoms with Crippen LogP contribution in [0.3, 0.4) is 0 Å². The Labute approximate surface area is 144 Å². The van der Waals surface area contributed by atoms with Gasteiger partial charge in [0.05, 0.1) is 5.56 Å². The van der Waals surface area contributed by atoms with Crippen molar-refractivity contribution in [1.29, 1.82) is 0 Å². The third-order valence-corrected chi connectivity index (χ3v) is 3.94. The standard InChI is InChI=1S/C17H22F3N3O2/c1-12(2)21-16(25)23-9-3-8-22(10-11-23)15(24)13-4-6-14(7-5-13)17(18,19)20/h4-7,12H,3,8-11H2,1-2H3,(H,21,25). The number of rotatable bonds is 2.